The summed E-state index contributed by atoms with van der Waals surface area (Å²) in [5.41, 5.74) is 5.39. The van der Waals surface area contributed by atoms with Crippen LogP contribution in [0.25, 0.3) is 11.1 Å². The molecule has 8 nitrogen and oxygen atoms in total. The first-order valence-electron chi connectivity index (χ1n) is 11.4. The maximum atomic E-state index is 12.0. The molecule has 1 aliphatic rings. The van der Waals surface area contributed by atoms with E-state index in [2.05, 4.69) is 10.2 Å². The molecule has 0 radical (unpaired) electrons. The van der Waals surface area contributed by atoms with E-state index >= 15 is 0 Å². The van der Waals surface area contributed by atoms with Gasteiger partial charge in [-0.2, -0.15) is 9.65 Å². The lowest BCUT2D eigenvalue weighted by Gasteiger charge is -2.28. The fourth-order valence-corrected chi connectivity index (χ4v) is 5.35. The molecular weight excluding hydrogens is 454 g/mol. The van der Waals surface area contributed by atoms with Crippen molar-refractivity contribution < 1.29 is 19.2 Å². The number of nitrogens with zero attached hydrogens (tertiary/aromatic N) is 3. The van der Waals surface area contributed by atoms with E-state index in [1.54, 1.807) is 16.3 Å². The number of thiazole rings is 1. The van der Waals surface area contributed by atoms with Crippen molar-refractivity contribution in [1.29, 1.82) is 0 Å². The number of aromatic carboxylic acids is 1. The molecule has 5 rings (SSSR count). The number of carbonyl (C=O) groups is 1. The van der Waals surface area contributed by atoms with E-state index in [9.17, 15) is 14.8 Å². The lowest BCUT2D eigenvalue weighted by atomic mass is 9.93. The number of nitroso groups, excluding NO2 is 1. The summed E-state index contributed by atoms with van der Waals surface area (Å²) in [4.78, 5) is 27.0. The third kappa shape index (κ3) is 4.48. The second kappa shape index (κ2) is 9.80. The van der Waals surface area contributed by atoms with E-state index in [0.29, 0.717) is 29.2 Å². The minimum Gasteiger partial charge on any atom is -0.487 e. The fourth-order valence-electron chi connectivity index (χ4n) is 4.81. The van der Waals surface area contributed by atoms with E-state index in [1.807, 2.05) is 29.6 Å². The zero-order valence-corrected chi connectivity index (χ0v) is 19.4. The third-order valence-corrected chi connectivity index (χ3v) is 7.17. The van der Waals surface area contributed by atoms with E-state index in [-0.39, 0.29) is 18.2 Å². The first-order chi connectivity index (χ1) is 16.6. The zero-order chi connectivity index (χ0) is 23.5. The highest BCUT2D eigenvalue weighted by Crippen LogP contribution is 2.40. The van der Waals surface area contributed by atoms with Crippen LogP contribution < -0.4 is 4.74 Å². The van der Waals surface area contributed by atoms with Crippen LogP contribution in [0.2, 0.25) is 0 Å². The van der Waals surface area contributed by atoms with Crippen molar-refractivity contribution in [2.45, 2.75) is 51.3 Å². The molecule has 1 N–H and O–H groups in total. The number of fused-ring (bicyclic) bond motifs is 1. The summed E-state index contributed by atoms with van der Waals surface area (Å²) in [6, 6.07) is 10.8. The Morgan fingerprint density at radius 2 is 2.03 bits per heavy atom. The molecule has 2 aromatic heterocycles. The van der Waals surface area contributed by atoms with Gasteiger partial charge in [-0.15, -0.1) is 11.3 Å². The van der Waals surface area contributed by atoms with E-state index in [4.69, 9.17) is 9.26 Å². The number of hydrogen-bond acceptors (Lipinski definition) is 7. The third-order valence-electron chi connectivity index (χ3n) is 6.54. The summed E-state index contributed by atoms with van der Waals surface area (Å²) in [5.74, 6) is 0.263. The summed E-state index contributed by atoms with van der Waals surface area (Å²) in [7, 11) is 0. The topological polar surface area (TPSA) is 107 Å². The van der Waals surface area contributed by atoms with Gasteiger partial charge in [-0.05, 0) is 36.1 Å². The minimum atomic E-state index is -1.03. The minimum absolute atomic E-state index is 0.0611. The number of ether oxygens (including phenoxy) is 1. The molecule has 0 bridgehead atoms. The van der Waals surface area contributed by atoms with Gasteiger partial charge in [0, 0.05) is 10.9 Å². The number of carboxylic acids is 1. The average Bonchev–Trinajstić information content (AvgIpc) is 3.53. The molecule has 176 valence electrons. The molecule has 1 unspecified atom stereocenters. The van der Waals surface area contributed by atoms with Crippen LogP contribution in [0, 0.1) is 10.8 Å². The van der Waals surface area contributed by atoms with Gasteiger partial charge < -0.3 is 14.4 Å². The smallest absolute Gasteiger partial charge is 0.338 e. The molecule has 0 amide bonds. The highest BCUT2D eigenvalue weighted by molar-refractivity contribution is 7.07. The van der Waals surface area contributed by atoms with Gasteiger partial charge in [0.1, 0.15) is 24.4 Å². The largest absolute Gasteiger partial charge is 0.487 e. The highest BCUT2D eigenvalue weighted by Gasteiger charge is 2.30. The van der Waals surface area contributed by atoms with Gasteiger partial charge in [-0.3, -0.25) is 0 Å². The van der Waals surface area contributed by atoms with Crippen LogP contribution in [-0.2, 0) is 13.2 Å². The second-order valence-electron chi connectivity index (χ2n) is 8.70. The first kappa shape index (κ1) is 22.3. The van der Waals surface area contributed by atoms with Gasteiger partial charge in [0.05, 0.1) is 22.8 Å². The Morgan fingerprint density at radius 3 is 2.71 bits per heavy atom. The van der Waals surface area contributed by atoms with Crippen molar-refractivity contribution in [1.82, 2.24) is 9.72 Å². The van der Waals surface area contributed by atoms with Crippen LogP contribution in [0.5, 0.6) is 5.75 Å². The quantitative estimate of drug-likeness (QED) is 0.264. The molecule has 1 aliphatic carbocycles. The van der Waals surface area contributed by atoms with Crippen molar-refractivity contribution in [2.24, 2.45) is 11.1 Å². The molecule has 1 saturated carbocycles. The van der Waals surface area contributed by atoms with Crippen LogP contribution in [0.4, 0.5) is 0 Å². The number of hydrogen-bond donors (Lipinski definition) is 1. The number of carboxylic acid groups (broad SMARTS) is 1. The molecular formula is C25H25N3O5S. The fraction of sp³-hybridized carbons (Fsp3) is 0.360. The van der Waals surface area contributed by atoms with Crippen molar-refractivity contribution in [3.63, 3.8) is 0 Å². The Balaban J connectivity index is 1.48. The van der Waals surface area contributed by atoms with Crippen molar-refractivity contribution >= 4 is 28.4 Å². The van der Waals surface area contributed by atoms with E-state index in [1.165, 1.54) is 30.2 Å². The predicted molar refractivity (Wildman–Crippen MR) is 128 cm³/mol. The number of rotatable bonds is 10. The first-order valence-corrected chi connectivity index (χ1v) is 12.3. The van der Waals surface area contributed by atoms with Gasteiger partial charge in [0.2, 0.25) is 0 Å². The van der Waals surface area contributed by atoms with E-state index in [0.717, 1.165) is 36.3 Å². The van der Waals surface area contributed by atoms with Gasteiger partial charge in [0.25, 0.3) is 0 Å². The molecule has 1 atom stereocenters. The van der Waals surface area contributed by atoms with Gasteiger partial charge >= 0.3 is 5.97 Å². The summed E-state index contributed by atoms with van der Waals surface area (Å²) in [5, 5.41) is 14.7. The van der Waals surface area contributed by atoms with Gasteiger partial charge in [-0.25, -0.2) is 9.78 Å². The summed E-state index contributed by atoms with van der Waals surface area (Å²) >= 11 is 1.53. The standard InChI is InChI=1S/C25H25N3O5S/c29-25(30)21-10-7-18(12-27-31)24-23(21)28(33-24)22(11-16-3-1-2-4-16)17-5-8-20(9-6-17)32-13-19-14-34-15-26-19/h5-10,14-16,22H,1-4,11-13H2,(H,29,30). The van der Waals surface area contributed by atoms with Crippen LogP contribution >= 0.6 is 11.3 Å². The SMILES string of the molecule is O=NCc1ccc(C(=O)O)c2c1on2C(CC1CCCC1)c1ccc(OCc2cscn2)cc1. The molecule has 2 aromatic carbocycles. The Bertz CT molecular complexity index is 1270. The second-order valence-corrected chi connectivity index (χ2v) is 9.42. The number of benzene rings is 2. The molecule has 1 fully saturated rings. The molecule has 4 aromatic rings. The van der Waals surface area contributed by atoms with Crippen LogP contribution in [0.15, 0.2) is 57.0 Å². The zero-order valence-electron chi connectivity index (χ0n) is 18.6. The lowest BCUT2D eigenvalue weighted by molar-refractivity contribution is 0.0695. The Morgan fingerprint density at radius 1 is 1.24 bits per heavy atom. The highest BCUT2D eigenvalue weighted by atomic mass is 32.1. The van der Waals surface area contributed by atoms with Crippen molar-refractivity contribution in [3.8, 4) is 5.75 Å². The van der Waals surface area contributed by atoms with Crippen LogP contribution in [0.3, 0.4) is 0 Å². The molecule has 0 spiro atoms. The normalized spacial score (nSPS) is 15.1. The van der Waals surface area contributed by atoms with Crippen molar-refractivity contribution in [2.75, 3.05) is 0 Å². The van der Waals surface area contributed by atoms with Gasteiger partial charge in [0.15, 0.2) is 5.58 Å². The average molecular weight is 480 g/mol. The molecule has 2 heterocycles. The Kier molecular flexibility index (Phi) is 6.44. The Hall–Kier alpha value is -3.46. The van der Waals surface area contributed by atoms with Crippen LogP contribution in [0.1, 0.15) is 65.3 Å². The predicted octanol–water partition coefficient (Wildman–Crippen LogP) is 6.40. The number of aromatic nitrogens is 2. The summed E-state index contributed by atoms with van der Waals surface area (Å²) in [6.07, 6.45) is 5.61. The van der Waals surface area contributed by atoms with Crippen LogP contribution in [-0.4, -0.2) is 20.8 Å². The molecule has 9 heteroatoms. The molecule has 0 saturated heterocycles. The Labute approximate surface area is 200 Å². The van der Waals surface area contributed by atoms with E-state index < -0.39 is 5.97 Å². The maximum absolute atomic E-state index is 12.0. The van der Waals surface area contributed by atoms with Crippen molar-refractivity contribution in [3.05, 3.63) is 74.6 Å². The maximum Gasteiger partial charge on any atom is 0.338 e. The lowest BCUT2D eigenvalue weighted by Crippen LogP contribution is -2.20. The molecule has 34 heavy (non-hydrogen) atoms. The monoisotopic (exact) mass is 479 g/mol. The summed E-state index contributed by atoms with van der Waals surface area (Å²) in [6.45, 7) is 0.348. The summed E-state index contributed by atoms with van der Waals surface area (Å²) < 4.78 is 13.6. The van der Waals surface area contributed by atoms with Gasteiger partial charge in [-0.1, -0.05) is 49.1 Å². The molecule has 0 aliphatic heterocycles.